The van der Waals surface area contributed by atoms with Crippen LogP contribution in [-0.4, -0.2) is 41.1 Å². The molecule has 0 saturated carbocycles. The maximum absolute atomic E-state index is 5.85. The number of rotatable bonds is 5. The van der Waals surface area contributed by atoms with Gasteiger partial charge >= 0.3 is 0 Å². The fourth-order valence-corrected chi connectivity index (χ4v) is 5.44. The molecule has 2 aliphatic heterocycles. The summed E-state index contributed by atoms with van der Waals surface area (Å²) in [4.78, 5) is 12.2. The van der Waals surface area contributed by atoms with Crippen LogP contribution in [0.2, 0.25) is 0 Å². The molecule has 0 N–H and O–H groups in total. The number of hydrogen-bond acceptors (Lipinski definition) is 6. The van der Waals surface area contributed by atoms with E-state index in [4.69, 9.17) is 14.5 Å². The lowest BCUT2D eigenvalue weighted by Gasteiger charge is -2.33. The number of aromatic nitrogens is 1. The Morgan fingerprint density at radius 1 is 1.19 bits per heavy atom. The SMILES string of the molecule is CC[C@H]1CSC2=N[C@@H](c3ccccn3)[C@@H](c3ccc(OC)c(C)c3OC)N21. The average molecular weight is 384 g/mol. The van der Waals surface area contributed by atoms with E-state index in [0.717, 1.165) is 45.7 Å². The normalized spacial score (nSPS) is 23.9. The van der Waals surface area contributed by atoms with Gasteiger partial charge in [0, 0.05) is 29.1 Å². The Balaban J connectivity index is 1.86. The molecule has 2 aliphatic rings. The maximum Gasteiger partial charge on any atom is 0.160 e. The maximum atomic E-state index is 5.85. The predicted octanol–water partition coefficient (Wildman–Crippen LogP) is 4.39. The third kappa shape index (κ3) is 2.96. The van der Waals surface area contributed by atoms with E-state index in [1.165, 1.54) is 0 Å². The molecule has 142 valence electrons. The highest BCUT2D eigenvalue weighted by atomic mass is 32.2. The molecule has 1 fully saturated rings. The number of thioether (sulfide) groups is 1. The summed E-state index contributed by atoms with van der Waals surface area (Å²) in [6.45, 7) is 4.29. The van der Waals surface area contributed by atoms with E-state index in [2.05, 4.69) is 28.9 Å². The van der Waals surface area contributed by atoms with E-state index >= 15 is 0 Å². The first kappa shape index (κ1) is 18.2. The van der Waals surface area contributed by atoms with E-state index in [-0.39, 0.29) is 12.1 Å². The third-order valence-electron chi connectivity index (χ3n) is 5.46. The van der Waals surface area contributed by atoms with Crippen LogP contribution in [0.25, 0.3) is 0 Å². The number of nitrogens with zero attached hydrogens (tertiary/aromatic N) is 3. The molecule has 27 heavy (non-hydrogen) atoms. The number of methoxy groups -OCH3 is 2. The van der Waals surface area contributed by atoms with Crippen molar-refractivity contribution in [3.8, 4) is 11.5 Å². The van der Waals surface area contributed by atoms with Crippen LogP contribution < -0.4 is 9.47 Å². The summed E-state index contributed by atoms with van der Waals surface area (Å²) < 4.78 is 11.4. The fraction of sp³-hybridized carbons (Fsp3) is 0.429. The number of aliphatic imine (C=N–C) groups is 1. The predicted molar refractivity (Wildman–Crippen MR) is 110 cm³/mol. The van der Waals surface area contributed by atoms with Crippen molar-refractivity contribution >= 4 is 16.9 Å². The van der Waals surface area contributed by atoms with Crippen LogP contribution in [0.1, 0.15) is 42.2 Å². The molecule has 1 aromatic carbocycles. The summed E-state index contributed by atoms with van der Waals surface area (Å²) in [5.74, 6) is 2.80. The molecular formula is C21H25N3O2S. The molecule has 0 bridgehead atoms. The minimum absolute atomic E-state index is 0.0373. The Kier molecular flexibility index (Phi) is 5.00. The topological polar surface area (TPSA) is 47.0 Å². The van der Waals surface area contributed by atoms with Gasteiger partial charge < -0.3 is 14.4 Å². The van der Waals surface area contributed by atoms with Crippen molar-refractivity contribution in [3.05, 3.63) is 53.3 Å². The lowest BCUT2D eigenvalue weighted by Crippen LogP contribution is -2.35. The number of fused-ring (bicyclic) bond motifs is 1. The van der Waals surface area contributed by atoms with Gasteiger partial charge in [0.2, 0.25) is 0 Å². The second kappa shape index (κ2) is 7.43. The van der Waals surface area contributed by atoms with Crippen molar-refractivity contribution in [1.82, 2.24) is 9.88 Å². The summed E-state index contributed by atoms with van der Waals surface area (Å²) in [6, 6.07) is 10.7. The summed E-state index contributed by atoms with van der Waals surface area (Å²) >= 11 is 1.85. The van der Waals surface area contributed by atoms with Crippen LogP contribution in [0.4, 0.5) is 0 Å². The summed E-state index contributed by atoms with van der Waals surface area (Å²) in [7, 11) is 3.42. The van der Waals surface area contributed by atoms with Crippen LogP contribution in [0.3, 0.4) is 0 Å². The summed E-state index contributed by atoms with van der Waals surface area (Å²) in [5.41, 5.74) is 3.16. The van der Waals surface area contributed by atoms with Crippen molar-refractivity contribution in [2.24, 2.45) is 4.99 Å². The zero-order valence-electron chi connectivity index (χ0n) is 16.2. The van der Waals surface area contributed by atoms with Crippen molar-refractivity contribution < 1.29 is 9.47 Å². The van der Waals surface area contributed by atoms with E-state index in [1.54, 1.807) is 14.2 Å². The molecule has 2 aromatic rings. The highest BCUT2D eigenvalue weighted by Crippen LogP contribution is 2.51. The quantitative estimate of drug-likeness (QED) is 0.766. The molecule has 5 nitrogen and oxygen atoms in total. The van der Waals surface area contributed by atoms with E-state index in [0.29, 0.717) is 6.04 Å². The lowest BCUT2D eigenvalue weighted by molar-refractivity contribution is 0.248. The van der Waals surface area contributed by atoms with Gasteiger partial charge in [0.05, 0.1) is 26.0 Å². The summed E-state index contributed by atoms with van der Waals surface area (Å²) in [6.07, 6.45) is 2.94. The minimum Gasteiger partial charge on any atom is -0.496 e. The van der Waals surface area contributed by atoms with Gasteiger partial charge in [0.1, 0.15) is 17.5 Å². The number of amidine groups is 1. The number of benzene rings is 1. The molecule has 0 amide bonds. The van der Waals surface area contributed by atoms with E-state index < -0.39 is 0 Å². The fourth-order valence-electron chi connectivity index (χ4n) is 4.11. The molecule has 4 rings (SSSR count). The van der Waals surface area contributed by atoms with Gasteiger partial charge in [-0.1, -0.05) is 24.8 Å². The molecule has 0 unspecified atom stereocenters. The Bertz CT molecular complexity index is 856. The van der Waals surface area contributed by atoms with Crippen LogP contribution >= 0.6 is 11.8 Å². The van der Waals surface area contributed by atoms with Crippen LogP contribution in [0.15, 0.2) is 41.5 Å². The van der Waals surface area contributed by atoms with Gasteiger partial charge in [0.15, 0.2) is 5.17 Å². The second-order valence-electron chi connectivity index (χ2n) is 6.85. The van der Waals surface area contributed by atoms with Crippen molar-refractivity contribution in [1.29, 1.82) is 0 Å². The Labute approximate surface area is 164 Å². The standard InChI is InChI=1S/C21H25N3O2S/c1-5-14-12-27-21-23-18(16-8-6-7-11-22-16)19(24(14)21)15-9-10-17(25-3)13(2)20(15)26-4/h6-11,14,18-19H,5,12H2,1-4H3/t14-,18-,19+/m0/s1. The smallest absolute Gasteiger partial charge is 0.160 e. The molecule has 1 saturated heterocycles. The van der Waals surface area contributed by atoms with Gasteiger partial charge in [-0.2, -0.15) is 0 Å². The van der Waals surface area contributed by atoms with Gasteiger partial charge in [0.25, 0.3) is 0 Å². The zero-order chi connectivity index (χ0) is 19.0. The lowest BCUT2D eigenvalue weighted by atomic mass is 9.93. The van der Waals surface area contributed by atoms with Gasteiger partial charge in [-0.3, -0.25) is 9.98 Å². The van der Waals surface area contributed by atoms with E-state index in [1.807, 2.05) is 43.1 Å². The number of hydrogen-bond donors (Lipinski definition) is 0. The van der Waals surface area contributed by atoms with Crippen molar-refractivity contribution in [2.75, 3.05) is 20.0 Å². The first-order valence-electron chi connectivity index (χ1n) is 9.30. The largest absolute Gasteiger partial charge is 0.496 e. The van der Waals surface area contributed by atoms with Crippen molar-refractivity contribution in [3.63, 3.8) is 0 Å². The first-order valence-corrected chi connectivity index (χ1v) is 10.3. The summed E-state index contributed by atoms with van der Waals surface area (Å²) in [5, 5.41) is 1.12. The second-order valence-corrected chi connectivity index (χ2v) is 7.84. The van der Waals surface area contributed by atoms with Crippen LogP contribution in [0.5, 0.6) is 11.5 Å². The average Bonchev–Trinajstić information content (AvgIpc) is 3.27. The first-order chi connectivity index (χ1) is 13.2. The highest BCUT2D eigenvalue weighted by Gasteiger charge is 2.46. The molecule has 3 heterocycles. The Morgan fingerprint density at radius 2 is 2.04 bits per heavy atom. The molecular weight excluding hydrogens is 358 g/mol. The highest BCUT2D eigenvalue weighted by molar-refractivity contribution is 8.14. The monoisotopic (exact) mass is 383 g/mol. The van der Waals surface area contributed by atoms with Crippen molar-refractivity contribution in [2.45, 2.75) is 38.4 Å². The van der Waals surface area contributed by atoms with Gasteiger partial charge in [-0.05, 0) is 37.6 Å². The molecule has 1 aromatic heterocycles. The van der Waals surface area contributed by atoms with Gasteiger partial charge in [-0.15, -0.1) is 0 Å². The molecule has 0 spiro atoms. The Morgan fingerprint density at radius 3 is 2.70 bits per heavy atom. The third-order valence-corrected chi connectivity index (χ3v) is 6.58. The van der Waals surface area contributed by atoms with Crippen LogP contribution in [0, 0.1) is 6.92 Å². The van der Waals surface area contributed by atoms with Crippen LogP contribution in [-0.2, 0) is 0 Å². The number of ether oxygens (including phenoxy) is 2. The Hall–Kier alpha value is -2.21. The number of pyridine rings is 1. The molecule has 6 heteroatoms. The van der Waals surface area contributed by atoms with E-state index in [9.17, 15) is 0 Å². The zero-order valence-corrected chi connectivity index (χ0v) is 17.0. The van der Waals surface area contributed by atoms with Gasteiger partial charge in [-0.25, -0.2) is 0 Å². The molecule has 0 radical (unpaired) electrons. The molecule has 3 atom stereocenters. The minimum atomic E-state index is -0.0373. The molecule has 0 aliphatic carbocycles.